The SMILES string of the molecule is Nc1nc(Cl)cc(N2CCN(CC3CC3)CC2)n1. The van der Waals surface area contributed by atoms with Crippen LogP contribution in [0.2, 0.25) is 5.15 Å². The van der Waals surface area contributed by atoms with E-state index in [0.29, 0.717) is 5.15 Å². The summed E-state index contributed by atoms with van der Waals surface area (Å²) in [5.74, 6) is 2.05. The zero-order chi connectivity index (χ0) is 12.5. The van der Waals surface area contributed by atoms with Crippen LogP contribution in [0.1, 0.15) is 12.8 Å². The Balaban J connectivity index is 1.60. The third kappa shape index (κ3) is 2.84. The Morgan fingerprint density at radius 1 is 1.22 bits per heavy atom. The average Bonchev–Trinajstić information content (AvgIpc) is 3.12. The molecule has 0 radical (unpaired) electrons. The molecule has 98 valence electrons. The Kier molecular flexibility index (Phi) is 3.26. The van der Waals surface area contributed by atoms with Crippen LogP contribution in [0.5, 0.6) is 0 Å². The van der Waals surface area contributed by atoms with Gasteiger partial charge in [-0.05, 0) is 18.8 Å². The van der Waals surface area contributed by atoms with Crippen molar-refractivity contribution in [1.29, 1.82) is 0 Å². The first-order chi connectivity index (χ1) is 8.70. The minimum Gasteiger partial charge on any atom is -0.368 e. The molecule has 0 unspecified atom stereocenters. The molecule has 1 aromatic heterocycles. The Hall–Kier alpha value is -1.07. The highest BCUT2D eigenvalue weighted by Crippen LogP contribution is 2.30. The van der Waals surface area contributed by atoms with Crippen molar-refractivity contribution in [2.75, 3.05) is 43.4 Å². The molecule has 2 fully saturated rings. The molecule has 1 aliphatic carbocycles. The van der Waals surface area contributed by atoms with Crippen LogP contribution in [-0.4, -0.2) is 47.6 Å². The van der Waals surface area contributed by atoms with Crippen LogP contribution in [0.3, 0.4) is 0 Å². The van der Waals surface area contributed by atoms with Gasteiger partial charge in [-0.3, -0.25) is 4.90 Å². The van der Waals surface area contributed by atoms with Gasteiger partial charge in [-0.2, -0.15) is 4.98 Å². The van der Waals surface area contributed by atoms with Gasteiger partial charge in [0.1, 0.15) is 11.0 Å². The molecule has 0 amide bonds. The van der Waals surface area contributed by atoms with Gasteiger partial charge < -0.3 is 10.6 Å². The van der Waals surface area contributed by atoms with Crippen LogP contribution in [0.4, 0.5) is 11.8 Å². The van der Waals surface area contributed by atoms with E-state index in [2.05, 4.69) is 19.8 Å². The first-order valence-electron chi connectivity index (χ1n) is 6.48. The number of nitrogens with two attached hydrogens (primary N) is 1. The van der Waals surface area contributed by atoms with Crippen molar-refractivity contribution in [1.82, 2.24) is 14.9 Å². The zero-order valence-corrected chi connectivity index (χ0v) is 11.1. The van der Waals surface area contributed by atoms with Crippen LogP contribution in [0, 0.1) is 5.92 Å². The fourth-order valence-electron chi connectivity index (χ4n) is 2.41. The van der Waals surface area contributed by atoms with E-state index < -0.39 is 0 Å². The maximum atomic E-state index is 5.91. The molecule has 0 aromatic carbocycles. The Bertz CT molecular complexity index is 406. The number of piperazine rings is 1. The summed E-state index contributed by atoms with van der Waals surface area (Å²) in [7, 11) is 0. The molecular formula is C12H18ClN5. The van der Waals surface area contributed by atoms with Gasteiger partial charge in [0.15, 0.2) is 0 Å². The van der Waals surface area contributed by atoms with Gasteiger partial charge in [0, 0.05) is 38.8 Å². The predicted molar refractivity (Wildman–Crippen MR) is 72.8 cm³/mol. The first-order valence-corrected chi connectivity index (χ1v) is 6.86. The molecule has 0 spiro atoms. The van der Waals surface area contributed by atoms with E-state index in [0.717, 1.165) is 37.9 Å². The number of aromatic nitrogens is 2. The Morgan fingerprint density at radius 2 is 1.94 bits per heavy atom. The lowest BCUT2D eigenvalue weighted by Gasteiger charge is -2.35. The molecule has 0 bridgehead atoms. The lowest BCUT2D eigenvalue weighted by molar-refractivity contribution is 0.247. The predicted octanol–water partition coefficient (Wildman–Crippen LogP) is 1.24. The molecule has 1 saturated heterocycles. The number of halogens is 1. The first kappa shape index (κ1) is 12.0. The van der Waals surface area contributed by atoms with Crippen molar-refractivity contribution in [3.05, 3.63) is 11.2 Å². The number of hydrogen-bond acceptors (Lipinski definition) is 5. The highest BCUT2D eigenvalue weighted by molar-refractivity contribution is 6.29. The van der Waals surface area contributed by atoms with E-state index in [9.17, 15) is 0 Å². The number of nitrogen functional groups attached to an aromatic ring is 1. The minimum atomic E-state index is 0.248. The average molecular weight is 268 g/mol. The van der Waals surface area contributed by atoms with Gasteiger partial charge in [0.05, 0.1) is 0 Å². The minimum absolute atomic E-state index is 0.248. The van der Waals surface area contributed by atoms with Gasteiger partial charge in [0.25, 0.3) is 0 Å². The third-order valence-corrected chi connectivity index (χ3v) is 3.80. The highest BCUT2D eigenvalue weighted by Gasteiger charge is 2.26. The molecule has 2 heterocycles. The van der Waals surface area contributed by atoms with E-state index >= 15 is 0 Å². The Morgan fingerprint density at radius 3 is 2.56 bits per heavy atom. The summed E-state index contributed by atoms with van der Waals surface area (Å²) in [6, 6.07) is 1.79. The molecule has 5 nitrogen and oxygen atoms in total. The standard InChI is InChI=1S/C12H18ClN5/c13-10-7-11(16-12(14)15-10)18-5-3-17(4-6-18)8-9-1-2-9/h7,9H,1-6,8H2,(H2,14,15,16). The second-order valence-corrected chi connectivity index (χ2v) is 5.53. The largest absolute Gasteiger partial charge is 0.368 e. The maximum Gasteiger partial charge on any atom is 0.223 e. The second-order valence-electron chi connectivity index (χ2n) is 5.14. The summed E-state index contributed by atoms with van der Waals surface area (Å²) in [4.78, 5) is 12.9. The molecule has 1 aliphatic heterocycles. The summed E-state index contributed by atoms with van der Waals surface area (Å²) in [6.07, 6.45) is 2.83. The topological polar surface area (TPSA) is 58.3 Å². The van der Waals surface area contributed by atoms with Crippen LogP contribution in [0.15, 0.2) is 6.07 Å². The highest BCUT2D eigenvalue weighted by atomic mass is 35.5. The summed E-state index contributed by atoms with van der Waals surface area (Å²) in [5.41, 5.74) is 5.62. The van der Waals surface area contributed by atoms with Crippen molar-refractivity contribution in [3.63, 3.8) is 0 Å². The molecule has 6 heteroatoms. The molecular weight excluding hydrogens is 250 g/mol. The molecule has 0 atom stereocenters. The van der Waals surface area contributed by atoms with Gasteiger partial charge in [-0.25, -0.2) is 4.98 Å². The van der Waals surface area contributed by atoms with Crippen molar-refractivity contribution in [2.45, 2.75) is 12.8 Å². The van der Waals surface area contributed by atoms with Crippen molar-refractivity contribution in [3.8, 4) is 0 Å². The van der Waals surface area contributed by atoms with Crippen LogP contribution >= 0.6 is 11.6 Å². The molecule has 1 saturated carbocycles. The van der Waals surface area contributed by atoms with E-state index in [1.165, 1.54) is 19.4 Å². The number of hydrogen-bond donors (Lipinski definition) is 1. The zero-order valence-electron chi connectivity index (χ0n) is 10.3. The third-order valence-electron chi connectivity index (χ3n) is 3.61. The van der Waals surface area contributed by atoms with Crippen molar-refractivity contribution < 1.29 is 0 Å². The number of anilines is 2. The monoisotopic (exact) mass is 267 g/mol. The number of nitrogens with zero attached hydrogens (tertiary/aromatic N) is 4. The Labute approximate surface area is 112 Å². The normalized spacial score (nSPS) is 21.3. The summed E-state index contributed by atoms with van der Waals surface area (Å²) < 4.78 is 0. The van der Waals surface area contributed by atoms with E-state index in [1.807, 2.05) is 0 Å². The van der Waals surface area contributed by atoms with Gasteiger partial charge in [0.2, 0.25) is 5.95 Å². The quantitative estimate of drug-likeness (QED) is 0.835. The van der Waals surface area contributed by atoms with E-state index in [1.54, 1.807) is 6.07 Å². The molecule has 1 aromatic rings. The molecule has 2 aliphatic rings. The van der Waals surface area contributed by atoms with Crippen molar-refractivity contribution >= 4 is 23.4 Å². The van der Waals surface area contributed by atoms with E-state index in [-0.39, 0.29) is 5.95 Å². The molecule has 2 N–H and O–H groups in total. The second kappa shape index (κ2) is 4.90. The van der Waals surface area contributed by atoms with Crippen LogP contribution in [0.25, 0.3) is 0 Å². The summed E-state index contributed by atoms with van der Waals surface area (Å²) >= 11 is 5.91. The summed E-state index contributed by atoms with van der Waals surface area (Å²) in [6.45, 7) is 5.43. The molecule has 18 heavy (non-hydrogen) atoms. The summed E-state index contributed by atoms with van der Waals surface area (Å²) in [5, 5.41) is 0.415. The smallest absolute Gasteiger partial charge is 0.223 e. The van der Waals surface area contributed by atoms with E-state index in [4.69, 9.17) is 17.3 Å². The van der Waals surface area contributed by atoms with Gasteiger partial charge in [-0.1, -0.05) is 11.6 Å². The molecule has 3 rings (SSSR count). The van der Waals surface area contributed by atoms with Gasteiger partial charge in [-0.15, -0.1) is 0 Å². The fourth-order valence-corrected chi connectivity index (χ4v) is 2.59. The van der Waals surface area contributed by atoms with Gasteiger partial charge >= 0.3 is 0 Å². The van der Waals surface area contributed by atoms with Crippen molar-refractivity contribution in [2.24, 2.45) is 5.92 Å². The maximum absolute atomic E-state index is 5.91. The lowest BCUT2D eigenvalue weighted by Crippen LogP contribution is -2.47. The fraction of sp³-hybridized carbons (Fsp3) is 0.667. The van der Waals surface area contributed by atoms with Crippen LogP contribution < -0.4 is 10.6 Å². The lowest BCUT2D eigenvalue weighted by atomic mass is 10.3. The number of rotatable bonds is 3. The van der Waals surface area contributed by atoms with Crippen LogP contribution in [-0.2, 0) is 0 Å².